The molecule has 7 heteroatoms. The van der Waals surface area contributed by atoms with Gasteiger partial charge >= 0.3 is 0 Å². The summed E-state index contributed by atoms with van der Waals surface area (Å²) in [6.07, 6.45) is 1.14. The molecule has 0 aromatic heterocycles. The molecule has 2 rings (SSSR count). The summed E-state index contributed by atoms with van der Waals surface area (Å²) in [6, 6.07) is 9.85. The van der Waals surface area contributed by atoms with Gasteiger partial charge in [-0.15, -0.1) is 0 Å². The summed E-state index contributed by atoms with van der Waals surface area (Å²) in [5.74, 6) is -0.994. The van der Waals surface area contributed by atoms with Crippen molar-refractivity contribution in [3.8, 4) is 0 Å². The van der Waals surface area contributed by atoms with E-state index in [0.717, 1.165) is 12.3 Å². The maximum absolute atomic E-state index is 12.9. The van der Waals surface area contributed by atoms with Crippen LogP contribution in [0.3, 0.4) is 0 Å². The lowest BCUT2D eigenvalue weighted by atomic mass is 10.1. The number of anilines is 1. The Bertz CT molecular complexity index is 804. The van der Waals surface area contributed by atoms with Crippen LogP contribution in [0, 0.1) is 5.82 Å². The van der Waals surface area contributed by atoms with Crippen LogP contribution in [0.1, 0.15) is 15.9 Å². The van der Waals surface area contributed by atoms with E-state index in [1.807, 2.05) is 0 Å². The Hall–Kier alpha value is -1.92. The van der Waals surface area contributed by atoms with E-state index < -0.39 is 21.6 Å². The zero-order chi connectivity index (χ0) is 16.3. The van der Waals surface area contributed by atoms with Gasteiger partial charge < -0.3 is 5.32 Å². The van der Waals surface area contributed by atoms with Gasteiger partial charge in [-0.1, -0.05) is 23.7 Å². The van der Waals surface area contributed by atoms with Crippen molar-refractivity contribution in [2.75, 3.05) is 11.6 Å². The number of hydrogen-bond acceptors (Lipinski definition) is 3. The quantitative estimate of drug-likeness (QED) is 0.928. The highest BCUT2D eigenvalue weighted by molar-refractivity contribution is 7.89. The monoisotopic (exact) mass is 341 g/mol. The fraction of sp³-hybridized carbons (Fsp3) is 0.133. The molecule has 0 bridgehead atoms. The van der Waals surface area contributed by atoms with Gasteiger partial charge in [0.25, 0.3) is 5.91 Å². The van der Waals surface area contributed by atoms with E-state index in [-0.39, 0.29) is 10.8 Å². The van der Waals surface area contributed by atoms with Crippen LogP contribution in [0.2, 0.25) is 5.02 Å². The summed E-state index contributed by atoms with van der Waals surface area (Å²) in [5, 5.41) is 2.66. The molecule has 1 N–H and O–H groups in total. The van der Waals surface area contributed by atoms with Crippen molar-refractivity contribution in [1.29, 1.82) is 0 Å². The maximum atomic E-state index is 12.9. The molecule has 0 saturated heterocycles. The van der Waals surface area contributed by atoms with Crippen molar-refractivity contribution in [2.45, 2.75) is 5.75 Å². The second-order valence-electron chi connectivity index (χ2n) is 4.85. The number of halogens is 2. The molecule has 0 atom stereocenters. The molecule has 0 radical (unpaired) electrons. The Morgan fingerprint density at radius 2 is 1.82 bits per heavy atom. The fourth-order valence-corrected chi connectivity index (χ4v) is 2.85. The molecule has 0 aliphatic rings. The van der Waals surface area contributed by atoms with Crippen LogP contribution in [0.4, 0.5) is 10.1 Å². The summed E-state index contributed by atoms with van der Waals surface area (Å²) >= 11 is 5.84. The Kier molecular flexibility index (Phi) is 4.83. The van der Waals surface area contributed by atoms with E-state index in [1.165, 1.54) is 24.3 Å². The highest BCUT2D eigenvalue weighted by atomic mass is 35.5. The average Bonchev–Trinajstić information content (AvgIpc) is 2.41. The molecule has 0 saturated carbocycles. The number of hydrogen-bond donors (Lipinski definition) is 1. The lowest BCUT2D eigenvalue weighted by molar-refractivity contribution is 0.102. The SMILES string of the molecule is CS(=O)(=O)Cc1ccc(C(=O)Nc2ccc(F)cc2Cl)cc1. The Morgan fingerprint density at radius 3 is 2.36 bits per heavy atom. The molecule has 4 nitrogen and oxygen atoms in total. The largest absolute Gasteiger partial charge is 0.321 e. The standard InChI is InChI=1S/C15H13ClFNO3S/c1-22(20,21)9-10-2-4-11(5-3-10)15(19)18-14-7-6-12(17)8-13(14)16/h2-8H,9H2,1H3,(H,18,19). The summed E-state index contributed by atoms with van der Waals surface area (Å²) in [4.78, 5) is 12.1. The molecule has 0 aliphatic carbocycles. The van der Waals surface area contributed by atoms with Gasteiger partial charge in [-0.05, 0) is 35.9 Å². The van der Waals surface area contributed by atoms with Gasteiger partial charge in [-0.2, -0.15) is 0 Å². The molecule has 2 aromatic rings. The first kappa shape index (κ1) is 16.5. The van der Waals surface area contributed by atoms with Gasteiger partial charge in [0.15, 0.2) is 9.84 Å². The summed E-state index contributed by atoms with van der Waals surface area (Å²) in [5.41, 5.74) is 1.24. The van der Waals surface area contributed by atoms with Gasteiger partial charge in [0, 0.05) is 11.8 Å². The number of amides is 1. The minimum Gasteiger partial charge on any atom is -0.321 e. The molecular weight excluding hydrogens is 329 g/mol. The fourth-order valence-electron chi connectivity index (χ4n) is 1.84. The highest BCUT2D eigenvalue weighted by Crippen LogP contribution is 2.23. The van der Waals surface area contributed by atoms with Crippen LogP contribution < -0.4 is 5.32 Å². The Labute approximate surface area is 132 Å². The number of rotatable bonds is 4. The van der Waals surface area contributed by atoms with Crippen LogP contribution in [0.5, 0.6) is 0 Å². The van der Waals surface area contributed by atoms with Crippen LogP contribution in [0.15, 0.2) is 42.5 Å². The van der Waals surface area contributed by atoms with E-state index in [0.29, 0.717) is 16.8 Å². The predicted octanol–water partition coefficient (Wildman–Crippen LogP) is 3.28. The molecule has 0 unspecified atom stereocenters. The van der Waals surface area contributed by atoms with Crippen molar-refractivity contribution >= 4 is 33.0 Å². The molecule has 2 aromatic carbocycles. The van der Waals surface area contributed by atoms with Crippen molar-refractivity contribution < 1.29 is 17.6 Å². The van der Waals surface area contributed by atoms with E-state index in [9.17, 15) is 17.6 Å². The normalized spacial score (nSPS) is 11.2. The van der Waals surface area contributed by atoms with Gasteiger partial charge in [0.2, 0.25) is 0 Å². The number of sulfone groups is 1. The molecule has 1 amide bonds. The zero-order valence-electron chi connectivity index (χ0n) is 11.6. The number of carbonyl (C=O) groups is 1. The lowest BCUT2D eigenvalue weighted by Crippen LogP contribution is -2.12. The van der Waals surface area contributed by atoms with Crippen molar-refractivity contribution in [3.63, 3.8) is 0 Å². The van der Waals surface area contributed by atoms with Gasteiger partial charge in [0.05, 0.1) is 16.5 Å². The topological polar surface area (TPSA) is 63.2 Å². The molecule has 0 fully saturated rings. The van der Waals surface area contributed by atoms with Crippen LogP contribution >= 0.6 is 11.6 Å². The first-order valence-corrected chi connectivity index (χ1v) is 8.71. The second-order valence-corrected chi connectivity index (χ2v) is 7.39. The first-order chi connectivity index (χ1) is 10.2. The van der Waals surface area contributed by atoms with E-state index in [2.05, 4.69) is 5.32 Å². The predicted molar refractivity (Wildman–Crippen MR) is 84.4 cm³/mol. The molecule has 0 spiro atoms. The summed E-state index contributed by atoms with van der Waals surface area (Å²) in [7, 11) is -3.12. The molecule has 22 heavy (non-hydrogen) atoms. The maximum Gasteiger partial charge on any atom is 0.255 e. The average molecular weight is 342 g/mol. The second kappa shape index (κ2) is 6.46. The number of nitrogens with one attached hydrogen (secondary N) is 1. The summed E-state index contributed by atoms with van der Waals surface area (Å²) in [6.45, 7) is 0. The van der Waals surface area contributed by atoms with Crippen molar-refractivity contribution in [1.82, 2.24) is 0 Å². The van der Waals surface area contributed by atoms with Crippen molar-refractivity contribution in [2.24, 2.45) is 0 Å². The smallest absolute Gasteiger partial charge is 0.255 e. The molecular formula is C15H13ClFNO3S. The van der Waals surface area contributed by atoms with Gasteiger partial charge in [-0.3, -0.25) is 4.79 Å². The van der Waals surface area contributed by atoms with Crippen molar-refractivity contribution in [3.05, 3.63) is 64.4 Å². The zero-order valence-corrected chi connectivity index (χ0v) is 13.2. The molecule has 0 heterocycles. The Morgan fingerprint density at radius 1 is 1.18 bits per heavy atom. The highest BCUT2D eigenvalue weighted by Gasteiger charge is 2.10. The Balaban J connectivity index is 2.13. The van der Waals surface area contributed by atoms with Gasteiger partial charge in [-0.25, -0.2) is 12.8 Å². The minimum atomic E-state index is -3.12. The third-order valence-corrected chi connectivity index (χ3v) is 3.99. The van der Waals surface area contributed by atoms with E-state index >= 15 is 0 Å². The van der Waals surface area contributed by atoms with E-state index in [4.69, 9.17) is 11.6 Å². The lowest BCUT2D eigenvalue weighted by Gasteiger charge is -2.08. The molecule has 116 valence electrons. The molecule has 0 aliphatic heterocycles. The summed E-state index contributed by atoms with van der Waals surface area (Å²) < 4.78 is 35.3. The number of benzene rings is 2. The van der Waals surface area contributed by atoms with Crippen LogP contribution in [0.25, 0.3) is 0 Å². The third kappa shape index (κ3) is 4.54. The van der Waals surface area contributed by atoms with Gasteiger partial charge in [0.1, 0.15) is 5.82 Å². The van der Waals surface area contributed by atoms with Crippen LogP contribution in [-0.2, 0) is 15.6 Å². The third-order valence-electron chi connectivity index (χ3n) is 2.82. The van der Waals surface area contributed by atoms with E-state index in [1.54, 1.807) is 12.1 Å². The first-order valence-electron chi connectivity index (χ1n) is 6.28. The minimum absolute atomic E-state index is 0.0846. The van der Waals surface area contributed by atoms with Crippen LogP contribution in [-0.4, -0.2) is 20.6 Å². The number of carbonyl (C=O) groups excluding carboxylic acids is 1.